The third kappa shape index (κ3) is 4.06. The summed E-state index contributed by atoms with van der Waals surface area (Å²) in [6.07, 6.45) is 4.70. The van der Waals surface area contributed by atoms with E-state index >= 15 is 0 Å². The van der Waals surface area contributed by atoms with Crippen LogP contribution < -0.4 is 10.2 Å². The number of fused-ring (bicyclic) bond motifs is 1. The number of hydrogen-bond acceptors (Lipinski definition) is 6. The Hall–Kier alpha value is -2.81. The van der Waals surface area contributed by atoms with Crippen molar-refractivity contribution < 1.29 is 28.7 Å². The number of halogens is 1. The van der Waals surface area contributed by atoms with E-state index in [0.717, 1.165) is 43.1 Å². The third-order valence-corrected chi connectivity index (χ3v) is 6.48. The zero-order chi connectivity index (χ0) is 22.1. The lowest BCUT2D eigenvalue weighted by Gasteiger charge is -2.34. The van der Waals surface area contributed by atoms with Crippen LogP contribution >= 0.6 is 0 Å². The molecule has 1 unspecified atom stereocenters. The number of anilines is 1. The molecule has 0 bridgehead atoms. The second kappa shape index (κ2) is 8.74. The van der Waals surface area contributed by atoms with Crippen molar-refractivity contribution in [2.24, 2.45) is 5.92 Å². The van der Waals surface area contributed by atoms with E-state index in [1.807, 2.05) is 4.90 Å². The van der Waals surface area contributed by atoms with E-state index in [4.69, 9.17) is 5.11 Å². The Bertz CT molecular complexity index is 926. The van der Waals surface area contributed by atoms with Crippen LogP contribution in [-0.4, -0.2) is 59.4 Å². The Morgan fingerprint density at radius 2 is 1.68 bits per heavy atom. The molecule has 0 aromatic heterocycles. The highest BCUT2D eigenvalue weighted by atomic mass is 19.1. The van der Waals surface area contributed by atoms with Gasteiger partial charge in [0.25, 0.3) is 11.8 Å². The summed E-state index contributed by atoms with van der Waals surface area (Å²) >= 11 is 0. The van der Waals surface area contributed by atoms with Crippen molar-refractivity contribution in [1.82, 2.24) is 10.2 Å². The lowest BCUT2D eigenvalue weighted by molar-refractivity contribution is -0.136. The molecular formula is C22H26FN3O5. The van der Waals surface area contributed by atoms with Crippen LogP contribution in [0.4, 0.5) is 10.1 Å². The minimum atomic E-state index is -1.06. The highest BCUT2D eigenvalue weighted by Gasteiger charge is 2.45. The molecule has 3 heterocycles. The van der Waals surface area contributed by atoms with Crippen LogP contribution in [0.1, 0.15) is 65.7 Å². The quantitative estimate of drug-likeness (QED) is 0.524. The molecular weight excluding hydrogens is 405 g/mol. The van der Waals surface area contributed by atoms with E-state index in [0.29, 0.717) is 24.7 Å². The van der Waals surface area contributed by atoms with Gasteiger partial charge in [0.2, 0.25) is 11.8 Å². The van der Waals surface area contributed by atoms with Gasteiger partial charge in [0.05, 0.1) is 16.8 Å². The molecule has 3 aliphatic rings. The first-order valence-corrected chi connectivity index (χ1v) is 10.8. The third-order valence-electron chi connectivity index (χ3n) is 6.48. The molecule has 166 valence electrons. The lowest BCUT2D eigenvalue weighted by atomic mass is 9.91. The molecule has 2 N–H and O–H groups in total. The van der Waals surface area contributed by atoms with Gasteiger partial charge in [0.1, 0.15) is 11.9 Å². The number of carbonyl (C=O) groups is 4. The smallest absolute Gasteiger partial charge is 0.262 e. The van der Waals surface area contributed by atoms with Crippen molar-refractivity contribution in [3.63, 3.8) is 0 Å². The summed E-state index contributed by atoms with van der Waals surface area (Å²) in [5, 5.41) is 11.1. The SMILES string of the molecule is O=C1CCC(N2C(=O)c3cc(F)c(N4CCC(CCCCO)CC4)cc3C2=O)C(=O)N1. The topological polar surface area (TPSA) is 107 Å². The molecule has 1 aromatic rings. The molecule has 4 amide bonds. The summed E-state index contributed by atoms with van der Waals surface area (Å²) in [5.74, 6) is -2.49. The maximum atomic E-state index is 14.9. The van der Waals surface area contributed by atoms with Crippen molar-refractivity contribution in [3.8, 4) is 0 Å². The second-order valence-corrected chi connectivity index (χ2v) is 8.45. The van der Waals surface area contributed by atoms with E-state index in [1.54, 1.807) is 0 Å². The van der Waals surface area contributed by atoms with Gasteiger partial charge in [-0.2, -0.15) is 0 Å². The van der Waals surface area contributed by atoms with E-state index in [-0.39, 0.29) is 30.6 Å². The molecule has 8 nitrogen and oxygen atoms in total. The number of aliphatic hydroxyl groups is 1. The van der Waals surface area contributed by atoms with Gasteiger partial charge in [-0.25, -0.2) is 4.39 Å². The van der Waals surface area contributed by atoms with Crippen molar-refractivity contribution in [2.45, 2.75) is 51.0 Å². The average molecular weight is 431 g/mol. The molecule has 0 radical (unpaired) electrons. The number of imide groups is 2. The normalized spacial score (nSPS) is 22.2. The van der Waals surface area contributed by atoms with Crippen LogP contribution in [0.3, 0.4) is 0 Å². The highest BCUT2D eigenvalue weighted by Crippen LogP contribution is 2.34. The molecule has 2 fully saturated rings. The number of rotatable bonds is 6. The van der Waals surface area contributed by atoms with Crippen molar-refractivity contribution >= 4 is 29.3 Å². The van der Waals surface area contributed by atoms with Gasteiger partial charge in [-0.15, -0.1) is 0 Å². The fraction of sp³-hybridized carbons (Fsp3) is 0.545. The van der Waals surface area contributed by atoms with Crippen LogP contribution in [0, 0.1) is 11.7 Å². The number of piperidine rings is 2. The van der Waals surface area contributed by atoms with Crippen LogP contribution in [0.5, 0.6) is 0 Å². The van der Waals surface area contributed by atoms with E-state index in [2.05, 4.69) is 5.32 Å². The molecule has 0 spiro atoms. The van der Waals surface area contributed by atoms with Crippen LogP contribution in [0.2, 0.25) is 0 Å². The van der Waals surface area contributed by atoms with Crippen LogP contribution in [0.25, 0.3) is 0 Å². The first-order chi connectivity index (χ1) is 14.9. The van der Waals surface area contributed by atoms with Crippen LogP contribution in [-0.2, 0) is 9.59 Å². The van der Waals surface area contributed by atoms with Crippen molar-refractivity contribution in [2.75, 3.05) is 24.6 Å². The van der Waals surface area contributed by atoms with Gasteiger partial charge in [-0.3, -0.25) is 29.4 Å². The van der Waals surface area contributed by atoms with Gasteiger partial charge in [0.15, 0.2) is 0 Å². The fourth-order valence-corrected chi connectivity index (χ4v) is 4.73. The summed E-state index contributed by atoms with van der Waals surface area (Å²) in [6.45, 7) is 1.50. The first-order valence-electron chi connectivity index (χ1n) is 10.8. The first kappa shape index (κ1) is 21.4. The number of nitrogens with one attached hydrogen (secondary N) is 1. The summed E-state index contributed by atoms with van der Waals surface area (Å²) in [4.78, 5) is 52.0. The molecule has 0 saturated carbocycles. The molecule has 2 saturated heterocycles. The predicted molar refractivity (Wildman–Crippen MR) is 109 cm³/mol. The summed E-state index contributed by atoms with van der Waals surface area (Å²) in [5.41, 5.74) is 0.338. The zero-order valence-corrected chi connectivity index (χ0v) is 17.2. The lowest BCUT2D eigenvalue weighted by Crippen LogP contribution is -2.54. The molecule has 1 atom stereocenters. The molecule has 3 aliphatic heterocycles. The zero-order valence-electron chi connectivity index (χ0n) is 17.2. The van der Waals surface area contributed by atoms with E-state index in [1.165, 1.54) is 6.07 Å². The Morgan fingerprint density at radius 1 is 1.00 bits per heavy atom. The molecule has 31 heavy (non-hydrogen) atoms. The molecule has 0 aliphatic carbocycles. The molecule has 9 heteroatoms. The Morgan fingerprint density at radius 3 is 2.32 bits per heavy atom. The highest BCUT2D eigenvalue weighted by molar-refractivity contribution is 6.23. The number of aliphatic hydroxyl groups excluding tert-OH is 1. The maximum absolute atomic E-state index is 14.9. The van der Waals surface area contributed by atoms with E-state index in [9.17, 15) is 23.6 Å². The monoisotopic (exact) mass is 431 g/mol. The van der Waals surface area contributed by atoms with Gasteiger partial charge < -0.3 is 10.0 Å². The van der Waals surface area contributed by atoms with Gasteiger partial charge >= 0.3 is 0 Å². The Labute approximate surface area is 179 Å². The summed E-state index contributed by atoms with van der Waals surface area (Å²) < 4.78 is 14.9. The minimum absolute atomic E-state index is 0.0384. The van der Waals surface area contributed by atoms with Gasteiger partial charge in [-0.1, -0.05) is 12.8 Å². The van der Waals surface area contributed by atoms with Crippen LogP contribution in [0.15, 0.2) is 12.1 Å². The number of carbonyl (C=O) groups excluding carboxylic acids is 4. The number of unbranched alkanes of at least 4 members (excludes halogenated alkanes) is 1. The van der Waals surface area contributed by atoms with Crippen molar-refractivity contribution in [1.29, 1.82) is 0 Å². The Balaban J connectivity index is 1.50. The maximum Gasteiger partial charge on any atom is 0.262 e. The average Bonchev–Trinajstić information content (AvgIpc) is 2.98. The summed E-state index contributed by atoms with van der Waals surface area (Å²) in [6, 6.07) is 1.44. The molecule has 1 aromatic carbocycles. The van der Waals surface area contributed by atoms with Gasteiger partial charge in [0, 0.05) is 26.1 Å². The number of amides is 4. The largest absolute Gasteiger partial charge is 0.396 e. The predicted octanol–water partition coefficient (Wildman–Crippen LogP) is 1.61. The Kier molecular flexibility index (Phi) is 6.04. The molecule has 4 rings (SSSR count). The van der Waals surface area contributed by atoms with Gasteiger partial charge in [-0.05, 0) is 43.7 Å². The number of benzene rings is 1. The van der Waals surface area contributed by atoms with Crippen molar-refractivity contribution in [3.05, 3.63) is 29.1 Å². The number of hydrogen-bond donors (Lipinski definition) is 2. The second-order valence-electron chi connectivity index (χ2n) is 8.45. The standard InChI is InChI=1S/C22H26FN3O5/c23-16-11-14-15(12-18(16)25-8-6-13(7-9-25)3-1-2-10-27)22(31)26(21(14)30)17-4-5-19(28)24-20(17)29/h11-13,17,27H,1-10H2,(H,24,28,29). The van der Waals surface area contributed by atoms with E-state index < -0.39 is 35.5 Å². The summed E-state index contributed by atoms with van der Waals surface area (Å²) in [7, 11) is 0. The fourth-order valence-electron chi connectivity index (χ4n) is 4.73. The minimum Gasteiger partial charge on any atom is -0.396 e. The number of nitrogens with zero attached hydrogens (tertiary/aromatic N) is 2.